The highest BCUT2D eigenvalue weighted by molar-refractivity contribution is 6.18. The fourth-order valence-corrected chi connectivity index (χ4v) is 6.48. The maximum absolute atomic E-state index is 6.44. The standard InChI is InChI=1S/C38H22O/c1-2-8-25-18-33-28(17-24(25)7-1)16-14-23-13-15-26(19-32(23)33)29-20-34-30-10-4-3-9-27(30)22-37-38(34)35(21-29)31-11-5-6-12-36(31)39-37/h1-22H. The summed E-state index contributed by atoms with van der Waals surface area (Å²) in [5, 5.41) is 12.5. The van der Waals surface area contributed by atoms with E-state index < -0.39 is 0 Å². The Morgan fingerprint density at radius 2 is 1.00 bits per heavy atom. The van der Waals surface area contributed by atoms with Gasteiger partial charge < -0.3 is 4.74 Å². The molecule has 1 aliphatic heterocycles. The number of rotatable bonds is 1. The zero-order valence-corrected chi connectivity index (χ0v) is 21.1. The Kier molecular flexibility index (Phi) is 4.11. The molecule has 0 spiro atoms. The predicted molar refractivity (Wildman–Crippen MR) is 165 cm³/mol. The Bertz CT molecular complexity index is 2310. The van der Waals surface area contributed by atoms with E-state index in [1.54, 1.807) is 0 Å². The van der Waals surface area contributed by atoms with Crippen LogP contribution in [0.5, 0.6) is 11.5 Å². The molecule has 0 fully saturated rings. The van der Waals surface area contributed by atoms with E-state index in [0.29, 0.717) is 0 Å². The van der Waals surface area contributed by atoms with Crippen LogP contribution in [0.1, 0.15) is 0 Å². The highest BCUT2D eigenvalue weighted by Gasteiger charge is 2.22. The van der Waals surface area contributed by atoms with E-state index in [1.807, 2.05) is 6.07 Å². The van der Waals surface area contributed by atoms with Crippen molar-refractivity contribution in [3.63, 3.8) is 0 Å². The van der Waals surface area contributed by atoms with Gasteiger partial charge in [-0.1, -0.05) is 91.0 Å². The van der Waals surface area contributed by atoms with Crippen molar-refractivity contribution >= 4 is 53.9 Å². The van der Waals surface area contributed by atoms with E-state index in [2.05, 4.69) is 127 Å². The number of para-hydroxylation sites is 1. The summed E-state index contributed by atoms with van der Waals surface area (Å²) in [6, 6.07) is 48.5. The minimum Gasteiger partial charge on any atom is -0.456 e. The monoisotopic (exact) mass is 494 g/mol. The minimum absolute atomic E-state index is 0.912. The molecular formula is C38H22O. The van der Waals surface area contributed by atoms with Gasteiger partial charge in [-0.15, -0.1) is 0 Å². The van der Waals surface area contributed by atoms with Gasteiger partial charge in [0.25, 0.3) is 0 Å². The van der Waals surface area contributed by atoms with Crippen LogP contribution in [0.2, 0.25) is 0 Å². The van der Waals surface area contributed by atoms with E-state index in [9.17, 15) is 0 Å². The molecule has 1 heterocycles. The summed E-state index contributed by atoms with van der Waals surface area (Å²) in [5.41, 5.74) is 4.81. The van der Waals surface area contributed by atoms with E-state index in [1.165, 1.54) is 70.6 Å². The molecule has 8 aromatic carbocycles. The molecule has 39 heavy (non-hydrogen) atoms. The second-order valence-corrected chi connectivity index (χ2v) is 10.6. The SMILES string of the molecule is c1ccc2c(c1)Oc1cc3ccccc3c3cc(-c4ccc5ccc6cc7ccccc7cc6c5c4)cc-2c13. The molecular weight excluding hydrogens is 472 g/mol. The number of fused-ring (bicyclic) bond motifs is 8. The third kappa shape index (κ3) is 3.02. The summed E-state index contributed by atoms with van der Waals surface area (Å²) < 4.78 is 6.44. The molecule has 0 bridgehead atoms. The highest BCUT2D eigenvalue weighted by atomic mass is 16.5. The molecule has 1 nitrogen and oxygen atoms in total. The molecule has 1 aliphatic rings. The van der Waals surface area contributed by atoms with Crippen molar-refractivity contribution in [2.75, 3.05) is 0 Å². The van der Waals surface area contributed by atoms with Gasteiger partial charge in [-0.25, -0.2) is 0 Å². The molecule has 180 valence electrons. The lowest BCUT2D eigenvalue weighted by Gasteiger charge is -2.23. The Labute approximate surface area is 225 Å². The summed E-state index contributed by atoms with van der Waals surface area (Å²) in [5.74, 6) is 1.84. The van der Waals surface area contributed by atoms with Crippen LogP contribution in [-0.2, 0) is 0 Å². The number of hydrogen-bond donors (Lipinski definition) is 0. The van der Waals surface area contributed by atoms with Gasteiger partial charge in [0.2, 0.25) is 0 Å². The first-order chi connectivity index (χ1) is 19.3. The van der Waals surface area contributed by atoms with E-state index in [4.69, 9.17) is 4.74 Å². The first-order valence-corrected chi connectivity index (χ1v) is 13.4. The summed E-state index contributed by atoms with van der Waals surface area (Å²) in [6.45, 7) is 0. The van der Waals surface area contributed by atoms with Gasteiger partial charge in [0.05, 0.1) is 0 Å². The van der Waals surface area contributed by atoms with Crippen LogP contribution in [0.3, 0.4) is 0 Å². The van der Waals surface area contributed by atoms with E-state index >= 15 is 0 Å². The molecule has 0 radical (unpaired) electrons. The average Bonchev–Trinajstić information content (AvgIpc) is 2.99. The van der Waals surface area contributed by atoms with Crippen LogP contribution >= 0.6 is 0 Å². The fraction of sp³-hybridized carbons (Fsp3) is 0. The summed E-state index contributed by atoms with van der Waals surface area (Å²) in [4.78, 5) is 0. The second kappa shape index (κ2) is 7.69. The maximum atomic E-state index is 6.44. The lowest BCUT2D eigenvalue weighted by molar-refractivity contribution is 0.487. The molecule has 0 saturated carbocycles. The lowest BCUT2D eigenvalue weighted by Crippen LogP contribution is -1.98. The summed E-state index contributed by atoms with van der Waals surface area (Å²) in [6.07, 6.45) is 0. The minimum atomic E-state index is 0.912. The third-order valence-corrected chi connectivity index (χ3v) is 8.36. The zero-order valence-electron chi connectivity index (χ0n) is 21.1. The van der Waals surface area contributed by atoms with E-state index in [0.717, 1.165) is 17.1 Å². The molecule has 0 amide bonds. The average molecular weight is 495 g/mol. The molecule has 8 aromatic rings. The number of hydrogen-bond acceptors (Lipinski definition) is 1. The van der Waals surface area contributed by atoms with Crippen LogP contribution in [0.4, 0.5) is 0 Å². The topological polar surface area (TPSA) is 9.23 Å². The van der Waals surface area contributed by atoms with Crippen molar-refractivity contribution in [2.45, 2.75) is 0 Å². The van der Waals surface area contributed by atoms with Crippen molar-refractivity contribution in [1.29, 1.82) is 0 Å². The molecule has 0 aromatic heterocycles. The lowest BCUT2D eigenvalue weighted by atomic mass is 9.88. The Hall–Kier alpha value is -5.14. The van der Waals surface area contributed by atoms with Crippen LogP contribution in [0.25, 0.3) is 76.1 Å². The third-order valence-electron chi connectivity index (χ3n) is 8.36. The van der Waals surface area contributed by atoms with Crippen molar-refractivity contribution in [3.05, 3.63) is 133 Å². The molecule has 0 saturated heterocycles. The van der Waals surface area contributed by atoms with Crippen molar-refractivity contribution in [1.82, 2.24) is 0 Å². The summed E-state index contributed by atoms with van der Waals surface area (Å²) in [7, 11) is 0. The van der Waals surface area contributed by atoms with Crippen molar-refractivity contribution < 1.29 is 4.74 Å². The van der Waals surface area contributed by atoms with Crippen molar-refractivity contribution in [3.8, 4) is 33.8 Å². The van der Waals surface area contributed by atoms with Gasteiger partial charge in [-0.2, -0.15) is 0 Å². The Balaban J connectivity index is 1.37. The molecule has 0 atom stereocenters. The van der Waals surface area contributed by atoms with E-state index in [-0.39, 0.29) is 0 Å². The van der Waals surface area contributed by atoms with Gasteiger partial charge in [-0.3, -0.25) is 0 Å². The van der Waals surface area contributed by atoms with Gasteiger partial charge >= 0.3 is 0 Å². The number of benzene rings is 8. The number of ether oxygens (including phenoxy) is 1. The van der Waals surface area contributed by atoms with Gasteiger partial charge in [0.15, 0.2) is 0 Å². The van der Waals surface area contributed by atoms with Crippen LogP contribution < -0.4 is 4.74 Å². The van der Waals surface area contributed by atoms with Crippen LogP contribution in [0, 0.1) is 0 Å². The Morgan fingerprint density at radius 1 is 0.333 bits per heavy atom. The molecule has 0 N–H and O–H groups in total. The Morgan fingerprint density at radius 3 is 1.92 bits per heavy atom. The van der Waals surface area contributed by atoms with Crippen molar-refractivity contribution in [2.24, 2.45) is 0 Å². The highest BCUT2D eigenvalue weighted by Crippen LogP contribution is 2.50. The second-order valence-electron chi connectivity index (χ2n) is 10.6. The van der Waals surface area contributed by atoms with Gasteiger partial charge in [-0.05, 0) is 108 Å². The molecule has 0 aliphatic carbocycles. The predicted octanol–water partition coefficient (Wildman–Crippen LogP) is 10.9. The maximum Gasteiger partial charge on any atom is 0.136 e. The van der Waals surface area contributed by atoms with Gasteiger partial charge in [0, 0.05) is 10.9 Å². The summed E-state index contributed by atoms with van der Waals surface area (Å²) >= 11 is 0. The van der Waals surface area contributed by atoms with Crippen LogP contribution in [-0.4, -0.2) is 0 Å². The molecule has 1 heteroatoms. The zero-order chi connectivity index (χ0) is 25.5. The fourth-order valence-electron chi connectivity index (χ4n) is 6.48. The van der Waals surface area contributed by atoms with Crippen LogP contribution in [0.15, 0.2) is 133 Å². The smallest absolute Gasteiger partial charge is 0.136 e. The van der Waals surface area contributed by atoms with Gasteiger partial charge in [0.1, 0.15) is 11.5 Å². The largest absolute Gasteiger partial charge is 0.456 e. The molecule has 0 unspecified atom stereocenters. The normalized spacial score (nSPS) is 12.3. The first kappa shape index (κ1) is 20.9. The first-order valence-electron chi connectivity index (χ1n) is 13.4. The quantitative estimate of drug-likeness (QED) is 0.163. The molecule has 9 rings (SSSR count).